The Morgan fingerprint density at radius 2 is 1.80 bits per heavy atom. The molecule has 0 radical (unpaired) electrons. The van der Waals surface area contributed by atoms with Gasteiger partial charge in [-0.25, -0.2) is 8.42 Å². The summed E-state index contributed by atoms with van der Waals surface area (Å²) in [6.07, 6.45) is 3.07. The number of sulfone groups is 1. The Balaban J connectivity index is 2.47. The van der Waals surface area contributed by atoms with Gasteiger partial charge >= 0.3 is 0 Å². The Bertz CT molecular complexity index is 307. The molecule has 1 rings (SSSR count). The lowest BCUT2D eigenvalue weighted by molar-refractivity contribution is -0.129. The van der Waals surface area contributed by atoms with Crippen LogP contribution in [0.25, 0.3) is 0 Å². The highest BCUT2D eigenvalue weighted by Gasteiger charge is 2.22. The second-order valence-electron chi connectivity index (χ2n) is 3.82. The molecule has 5 nitrogen and oxygen atoms in total. The van der Waals surface area contributed by atoms with Crippen LogP contribution in [0.4, 0.5) is 0 Å². The van der Waals surface area contributed by atoms with Crippen molar-refractivity contribution in [2.75, 3.05) is 31.1 Å². The van der Waals surface area contributed by atoms with Crippen LogP contribution in [0.15, 0.2) is 0 Å². The van der Waals surface area contributed by atoms with Crippen LogP contribution in [-0.4, -0.2) is 50.4 Å². The number of carbonyl (C=O) groups excluding carboxylic acids is 1. The first-order valence-electron chi connectivity index (χ1n) is 5.23. The average molecular weight is 234 g/mol. The maximum atomic E-state index is 11.6. The van der Waals surface area contributed by atoms with E-state index in [4.69, 9.17) is 5.73 Å². The van der Waals surface area contributed by atoms with Crippen LogP contribution in [-0.2, 0) is 14.6 Å². The van der Waals surface area contributed by atoms with E-state index in [0.717, 1.165) is 19.3 Å². The summed E-state index contributed by atoms with van der Waals surface area (Å²) in [6.45, 7) is 1.46. The van der Waals surface area contributed by atoms with Crippen LogP contribution in [0.2, 0.25) is 0 Å². The van der Waals surface area contributed by atoms with Crippen LogP contribution < -0.4 is 5.73 Å². The first-order chi connectivity index (χ1) is 7.05. The van der Waals surface area contributed by atoms with Crippen LogP contribution in [0.5, 0.6) is 0 Å². The van der Waals surface area contributed by atoms with E-state index < -0.39 is 9.84 Å². The Labute approximate surface area is 90.5 Å². The van der Waals surface area contributed by atoms with Crippen LogP contribution in [0.3, 0.4) is 0 Å². The van der Waals surface area contributed by atoms with Gasteiger partial charge in [-0.1, -0.05) is 0 Å². The van der Waals surface area contributed by atoms with Crippen molar-refractivity contribution in [3.63, 3.8) is 0 Å². The smallest absolute Gasteiger partial charge is 0.237 e. The largest absolute Gasteiger partial charge is 0.342 e. The third kappa shape index (κ3) is 4.17. The van der Waals surface area contributed by atoms with Crippen molar-refractivity contribution < 1.29 is 13.2 Å². The first-order valence-corrected chi connectivity index (χ1v) is 7.05. The highest BCUT2D eigenvalue weighted by molar-refractivity contribution is 7.92. The zero-order valence-electron chi connectivity index (χ0n) is 8.81. The summed E-state index contributed by atoms with van der Waals surface area (Å²) in [5.74, 6) is -0.764. The quantitative estimate of drug-likeness (QED) is 0.702. The number of likely N-dealkylation sites (tertiary alicyclic amines) is 1. The van der Waals surface area contributed by atoms with E-state index in [0.29, 0.717) is 13.1 Å². The zero-order chi connectivity index (χ0) is 11.3. The van der Waals surface area contributed by atoms with Crippen molar-refractivity contribution in [1.29, 1.82) is 0 Å². The van der Waals surface area contributed by atoms with Gasteiger partial charge in [0, 0.05) is 19.6 Å². The molecule has 2 N–H and O–H groups in total. The molecule has 0 aromatic heterocycles. The number of carbonyl (C=O) groups is 1. The minimum Gasteiger partial charge on any atom is -0.342 e. The molecule has 0 aromatic rings. The molecule has 1 fully saturated rings. The highest BCUT2D eigenvalue weighted by Crippen LogP contribution is 2.09. The van der Waals surface area contributed by atoms with E-state index in [1.807, 2.05) is 0 Å². The predicted octanol–water partition coefficient (Wildman–Crippen LogP) is -0.628. The molecule has 0 spiro atoms. The van der Waals surface area contributed by atoms with Gasteiger partial charge in [0.25, 0.3) is 0 Å². The SMILES string of the molecule is NCCS(=O)(=O)CC(=O)N1CCCCC1. The number of hydrogen-bond donors (Lipinski definition) is 1. The molecule has 1 saturated heterocycles. The first kappa shape index (κ1) is 12.4. The molecule has 0 unspecified atom stereocenters. The van der Waals surface area contributed by atoms with Gasteiger partial charge in [-0.05, 0) is 19.3 Å². The van der Waals surface area contributed by atoms with E-state index in [9.17, 15) is 13.2 Å². The van der Waals surface area contributed by atoms with E-state index in [2.05, 4.69) is 0 Å². The average Bonchev–Trinajstić information content (AvgIpc) is 2.18. The van der Waals surface area contributed by atoms with Gasteiger partial charge in [0.1, 0.15) is 5.75 Å². The minimum absolute atomic E-state index is 0.0790. The number of piperidine rings is 1. The number of rotatable bonds is 4. The lowest BCUT2D eigenvalue weighted by atomic mass is 10.1. The van der Waals surface area contributed by atoms with Gasteiger partial charge in [0.15, 0.2) is 9.84 Å². The fourth-order valence-corrected chi connectivity index (χ4v) is 2.74. The van der Waals surface area contributed by atoms with Gasteiger partial charge in [-0.2, -0.15) is 0 Å². The molecule has 6 heteroatoms. The van der Waals surface area contributed by atoms with E-state index in [1.165, 1.54) is 0 Å². The molecule has 0 bridgehead atoms. The molecule has 88 valence electrons. The molecule has 1 aliphatic heterocycles. The van der Waals surface area contributed by atoms with E-state index in [1.54, 1.807) is 4.90 Å². The van der Waals surface area contributed by atoms with E-state index in [-0.39, 0.29) is 24.0 Å². The third-order valence-corrected chi connectivity index (χ3v) is 4.03. The summed E-state index contributed by atoms with van der Waals surface area (Å²) < 4.78 is 22.7. The molecule has 0 aliphatic carbocycles. The summed E-state index contributed by atoms with van der Waals surface area (Å²) >= 11 is 0. The van der Waals surface area contributed by atoms with Crippen molar-refractivity contribution in [2.24, 2.45) is 5.73 Å². The maximum Gasteiger partial charge on any atom is 0.237 e. The minimum atomic E-state index is -3.30. The molecule has 0 saturated carbocycles. The van der Waals surface area contributed by atoms with Gasteiger partial charge in [0.05, 0.1) is 5.75 Å². The predicted molar refractivity (Wildman–Crippen MR) is 58.1 cm³/mol. The standard InChI is InChI=1S/C9H18N2O3S/c10-4-7-15(13,14)8-9(12)11-5-2-1-3-6-11/h1-8,10H2. The van der Waals surface area contributed by atoms with Crippen LogP contribution >= 0.6 is 0 Å². The number of amides is 1. The normalized spacial score (nSPS) is 17.8. The van der Waals surface area contributed by atoms with Crippen molar-refractivity contribution >= 4 is 15.7 Å². The summed E-state index contributed by atoms with van der Waals surface area (Å²) in [4.78, 5) is 13.2. The Kier molecular flexibility index (Phi) is 4.53. The number of nitrogens with two attached hydrogens (primary N) is 1. The summed E-state index contributed by atoms with van der Waals surface area (Å²) in [7, 11) is -3.30. The monoisotopic (exact) mass is 234 g/mol. The fraction of sp³-hybridized carbons (Fsp3) is 0.889. The van der Waals surface area contributed by atoms with Crippen LogP contribution in [0.1, 0.15) is 19.3 Å². The summed E-state index contributed by atoms with van der Waals surface area (Å²) in [5, 5.41) is 0. The number of hydrogen-bond acceptors (Lipinski definition) is 4. The Hall–Kier alpha value is -0.620. The number of nitrogens with zero attached hydrogens (tertiary/aromatic N) is 1. The van der Waals surface area contributed by atoms with Crippen molar-refractivity contribution in [3.05, 3.63) is 0 Å². The molecule has 1 amide bonds. The van der Waals surface area contributed by atoms with Gasteiger partial charge in [0.2, 0.25) is 5.91 Å². The molecular formula is C9H18N2O3S. The maximum absolute atomic E-state index is 11.6. The van der Waals surface area contributed by atoms with Crippen molar-refractivity contribution in [3.8, 4) is 0 Å². The molecular weight excluding hydrogens is 216 g/mol. The molecule has 0 aromatic carbocycles. The Morgan fingerprint density at radius 1 is 1.20 bits per heavy atom. The molecule has 15 heavy (non-hydrogen) atoms. The van der Waals surface area contributed by atoms with Gasteiger partial charge in [-0.3, -0.25) is 4.79 Å². The lowest BCUT2D eigenvalue weighted by Gasteiger charge is -2.26. The van der Waals surface area contributed by atoms with Gasteiger partial charge < -0.3 is 10.6 Å². The summed E-state index contributed by atoms with van der Waals surface area (Å²) in [6, 6.07) is 0. The van der Waals surface area contributed by atoms with Crippen molar-refractivity contribution in [2.45, 2.75) is 19.3 Å². The molecule has 1 aliphatic rings. The van der Waals surface area contributed by atoms with Gasteiger partial charge in [-0.15, -0.1) is 0 Å². The van der Waals surface area contributed by atoms with Crippen LogP contribution in [0, 0.1) is 0 Å². The second kappa shape index (κ2) is 5.46. The van der Waals surface area contributed by atoms with E-state index >= 15 is 0 Å². The molecule has 1 heterocycles. The highest BCUT2D eigenvalue weighted by atomic mass is 32.2. The zero-order valence-corrected chi connectivity index (χ0v) is 9.63. The lowest BCUT2D eigenvalue weighted by Crippen LogP contribution is -2.40. The Morgan fingerprint density at radius 3 is 2.33 bits per heavy atom. The van der Waals surface area contributed by atoms with Crippen molar-refractivity contribution in [1.82, 2.24) is 4.90 Å². The third-order valence-electron chi connectivity index (χ3n) is 2.48. The topological polar surface area (TPSA) is 80.5 Å². The second-order valence-corrected chi connectivity index (χ2v) is 6.01. The summed E-state index contributed by atoms with van der Waals surface area (Å²) in [5.41, 5.74) is 5.16. The molecule has 0 atom stereocenters. The fourth-order valence-electron chi connectivity index (χ4n) is 1.67.